The lowest BCUT2D eigenvalue weighted by Gasteiger charge is -2.19. The quantitative estimate of drug-likeness (QED) is 0.258. The molecular formula is C16H24O10. The monoisotopic (exact) mass is 376 g/mol. The van der Waals surface area contributed by atoms with Crippen LogP contribution in [-0.4, -0.2) is 94.4 Å². The summed E-state index contributed by atoms with van der Waals surface area (Å²) < 4.78 is 9.91. The minimum Gasteiger partial charge on any atom is -0.478 e. The molecule has 2 unspecified atom stereocenters. The van der Waals surface area contributed by atoms with Crippen LogP contribution in [0.5, 0.6) is 0 Å². The van der Waals surface area contributed by atoms with Crippen LogP contribution in [0.4, 0.5) is 0 Å². The van der Waals surface area contributed by atoms with Crippen molar-refractivity contribution >= 4 is 11.9 Å². The fourth-order valence-corrected chi connectivity index (χ4v) is 1.58. The zero-order valence-electron chi connectivity index (χ0n) is 14.0. The van der Waals surface area contributed by atoms with Crippen LogP contribution in [0, 0.1) is 0 Å². The molecule has 0 radical (unpaired) electrons. The number of carboxylic acids is 2. The largest absolute Gasteiger partial charge is 0.478 e. The standard InChI is InChI=1S/C8H18O6.C8H6O4/c9-1-2-13-3-4-14-8(6-11)7(12)5-10;9-7(10)5-1-2-6(4-3-5)8(11)12/h7-12H,1-6H2;1-4H,(H,9,10)(H,11,12). The van der Waals surface area contributed by atoms with Gasteiger partial charge in [-0.1, -0.05) is 0 Å². The summed E-state index contributed by atoms with van der Waals surface area (Å²) in [5, 5.41) is 51.7. The smallest absolute Gasteiger partial charge is 0.335 e. The molecule has 148 valence electrons. The summed E-state index contributed by atoms with van der Waals surface area (Å²) in [6, 6.07) is 5.02. The first kappa shape index (κ1) is 23.9. The molecule has 0 spiro atoms. The van der Waals surface area contributed by atoms with Crippen molar-refractivity contribution in [2.24, 2.45) is 0 Å². The Bertz CT molecular complexity index is 483. The Kier molecular flexibility index (Phi) is 13.0. The van der Waals surface area contributed by atoms with Crippen molar-refractivity contribution in [1.29, 1.82) is 0 Å². The number of carboxylic acid groups (broad SMARTS) is 2. The second-order valence-corrected chi connectivity index (χ2v) is 4.87. The number of benzene rings is 1. The number of aliphatic hydroxyl groups is 4. The minimum atomic E-state index is -1.09. The summed E-state index contributed by atoms with van der Waals surface area (Å²) in [6.45, 7) is -0.166. The maximum Gasteiger partial charge on any atom is 0.335 e. The van der Waals surface area contributed by atoms with Gasteiger partial charge in [0.25, 0.3) is 0 Å². The lowest BCUT2D eigenvalue weighted by Crippen LogP contribution is -2.36. The van der Waals surface area contributed by atoms with Crippen molar-refractivity contribution < 1.29 is 49.7 Å². The Hall–Kier alpha value is -2.08. The van der Waals surface area contributed by atoms with Crippen LogP contribution >= 0.6 is 0 Å². The second-order valence-electron chi connectivity index (χ2n) is 4.87. The molecule has 1 aromatic rings. The molecule has 2 atom stereocenters. The molecule has 0 aliphatic rings. The summed E-state index contributed by atoms with van der Waals surface area (Å²) in [7, 11) is 0. The van der Waals surface area contributed by atoms with Crippen LogP contribution in [0.1, 0.15) is 20.7 Å². The number of hydrogen-bond acceptors (Lipinski definition) is 8. The van der Waals surface area contributed by atoms with E-state index in [0.29, 0.717) is 0 Å². The third kappa shape index (κ3) is 10.0. The number of aliphatic hydroxyl groups excluding tert-OH is 4. The predicted molar refractivity (Wildman–Crippen MR) is 88.2 cm³/mol. The molecule has 0 saturated carbocycles. The van der Waals surface area contributed by atoms with Gasteiger partial charge in [-0.2, -0.15) is 0 Å². The van der Waals surface area contributed by atoms with Gasteiger partial charge in [-0.05, 0) is 24.3 Å². The topological polar surface area (TPSA) is 174 Å². The SMILES string of the molecule is O=C(O)c1ccc(C(=O)O)cc1.OCCOCCOC(CO)C(O)CO. The first-order valence-corrected chi connectivity index (χ1v) is 7.64. The Labute approximate surface area is 149 Å². The van der Waals surface area contributed by atoms with Crippen molar-refractivity contribution in [3.63, 3.8) is 0 Å². The Morgan fingerprint density at radius 1 is 0.846 bits per heavy atom. The molecule has 0 aliphatic heterocycles. The van der Waals surface area contributed by atoms with Gasteiger partial charge < -0.3 is 40.1 Å². The van der Waals surface area contributed by atoms with E-state index in [4.69, 9.17) is 40.1 Å². The third-order valence-electron chi connectivity index (χ3n) is 2.97. The van der Waals surface area contributed by atoms with Crippen molar-refractivity contribution in [3.05, 3.63) is 35.4 Å². The van der Waals surface area contributed by atoms with Crippen molar-refractivity contribution in [1.82, 2.24) is 0 Å². The molecule has 0 aliphatic carbocycles. The Morgan fingerprint density at radius 3 is 1.69 bits per heavy atom. The van der Waals surface area contributed by atoms with Crippen molar-refractivity contribution in [2.75, 3.05) is 39.6 Å². The molecule has 1 rings (SSSR count). The fourth-order valence-electron chi connectivity index (χ4n) is 1.58. The summed E-state index contributed by atoms with van der Waals surface area (Å²) in [5.74, 6) is -2.13. The van der Waals surface area contributed by atoms with E-state index in [1.165, 1.54) is 24.3 Å². The lowest BCUT2D eigenvalue weighted by molar-refractivity contribution is -0.0917. The molecular weight excluding hydrogens is 352 g/mol. The molecule has 0 fully saturated rings. The molecule has 0 aromatic heterocycles. The first-order valence-electron chi connectivity index (χ1n) is 7.64. The average Bonchev–Trinajstić information content (AvgIpc) is 2.64. The average molecular weight is 376 g/mol. The highest BCUT2D eigenvalue weighted by Crippen LogP contribution is 2.03. The molecule has 6 N–H and O–H groups in total. The van der Waals surface area contributed by atoms with E-state index in [1.54, 1.807) is 0 Å². The third-order valence-corrected chi connectivity index (χ3v) is 2.97. The summed E-state index contributed by atoms with van der Waals surface area (Å²) in [5.41, 5.74) is 0.167. The fraction of sp³-hybridized carbons (Fsp3) is 0.500. The summed E-state index contributed by atoms with van der Waals surface area (Å²) in [4.78, 5) is 20.7. The second kappa shape index (κ2) is 14.1. The van der Waals surface area contributed by atoms with Gasteiger partial charge in [0.05, 0.1) is 50.8 Å². The molecule has 0 amide bonds. The van der Waals surface area contributed by atoms with Crippen LogP contribution < -0.4 is 0 Å². The van der Waals surface area contributed by atoms with Crippen LogP contribution in [0.3, 0.4) is 0 Å². The van der Waals surface area contributed by atoms with Gasteiger partial charge in [-0.3, -0.25) is 0 Å². The van der Waals surface area contributed by atoms with Gasteiger partial charge in [-0.15, -0.1) is 0 Å². The molecule has 0 heterocycles. The highest BCUT2D eigenvalue weighted by Gasteiger charge is 2.17. The number of carbonyl (C=O) groups is 2. The molecule has 10 heteroatoms. The Balaban J connectivity index is 0.000000485. The van der Waals surface area contributed by atoms with Gasteiger partial charge in [-0.25, -0.2) is 9.59 Å². The van der Waals surface area contributed by atoms with Crippen LogP contribution in [0.2, 0.25) is 0 Å². The number of ether oxygens (including phenoxy) is 2. The minimum absolute atomic E-state index is 0.0529. The lowest BCUT2D eigenvalue weighted by atomic mass is 10.1. The molecule has 1 aromatic carbocycles. The molecule has 26 heavy (non-hydrogen) atoms. The summed E-state index contributed by atoms with van der Waals surface area (Å²) >= 11 is 0. The molecule has 0 saturated heterocycles. The maximum atomic E-state index is 10.3. The zero-order valence-corrected chi connectivity index (χ0v) is 14.0. The van der Waals surface area contributed by atoms with E-state index in [0.717, 1.165) is 0 Å². The number of rotatable bonds is 11. The van der Waals surface area contributed by atoms with E-state index < -0.39 is 30.8 Å². The van der Waals surface area contributed by atoms with E-state index in [1.807, 2.05) is 0 Å². The maximum absolute atomic E-state index is 10.3. The predicted octanol–water partition coefficient (Wildman–Crippen LogP) is -1.19. The molecule has 10 nitrogen and oxygen atoms in total. The number of hydrogen-bond donors (Lipinski definition) is 6. The van der Waals surface area contributed by atoms with Gasteiger partial charge in [0, 0.05) is 0 Å². The molecule has 0 bridgehead atoms. The van der Waals surface area contributed by atoms with Gasteiger partial charge in [0.15, 0.2) is 0 Å². The number of aromatic carboxylic acids is 2. The highest BCUT2D eigenvalue weighted by molar-refractivity contribution is 5.91. The van der Waals surface area contributed by atoms with E-state index in [9.17, 15) is 9.59 Å². The van der Waals surface area contributed by atoms with Crippen LogP contribution in [0.15, 0.2) is 24.3 Å². The van der Waals surface area contributed by atoms with Crippen molar-refractivity contribution in [3.8, 4) is 0 Å². The Morgan fingerprint density at radius 2 is 1.35 bits per heavy atom. The highest BCUT2D eigenvalue weighted by atomic mass is 16.5. The van der Waals surface area contributed by atoms with Gasteiger partial charge >= 0.3 is 11.9 Å². The summed E-state index contributed by atoms with van der Waals surface area (Å²) in [6.07, 6.45) is -1.88. The van der Waals surface area contributed by atoms with E-state index in [-0.39, 0.29) is 44.2 Å². The normalized spacial score (nSPS) is 12.6. The van der Waals surface area contributed by atoms with Gasteiger partial charge in [0.1, 0.15) is 12.2 Å². The van der Waals surface area contributed by atoms with E-state index in [2.05, 4.69) is 0 Å². The van der Waals surface area contributed by atoms with Gasteiger partial charge in [0.2, 0.25) is 0 Å². The van der Waals surface area contributed by atoms with Crippen molar-refractivity contribution in [2.45, 2.75) is 12.2 Å². The first-order chi connectivity index (χ1) is 12.4. The van der Waals surface area contributed by atoms with Crippen LogP contribution in [-0.2, 0) is 9.47 Å². The zero-order chi connectivity index (χ0) is 19.9. The van der Waals surface area contributed by atoms with E-state index >= 15 is 0 Å². The van der Waals surface area contributed by atoms with Crippen LogP contribution in [0.25, 0.3) is 0 Å².